The number of aromatic hydroxyl groups is 1. The molecular weight excluding hydrogens is 232 g/mol. The molecule has 0 aliphatic rings. The van der Waals surface area contributed by atoms with Crippen LogP contribution in [0.15, 0.2) is 42.7 Å². The lowest BCUT2D eigenvalue weighted by atomic mass is 10.1. The molecule has 0 saturated heterocycles. The first-order chi connectivity index (χ1) is 8.75. The summed E-state index contributed by atoms with van der Waals surface area (Å²) in [6, 6.07) is 8.36. The quantitative estimate of drug-likeness (QED) is 0.694. The maximum atomic E-state index is 11.6. The van der Waals surface area contributed by atoms with Crippen LogP contribution in [-0.2, 0) is 11.2 Å². The number of benzene rings is 1. The molecule has 6 heteroatoms. The summed E-state index contributed by atoms with van der Waals surface area (Å²) in [5, 5.41) is 9.52. The summed E-state index contributed by atoms with van der Waals surface area (Å²) in [6.45, 7) is 0. The van der Waals surface area contributed by atoms with E-state index in [-0.39, 0.29) is 18.1 Å². The molecule has 2 aromatic rings. The van der Waals surface area contributed by atoms with Gasteiger partial charge < -0.3 is 5.11 Å². The number of nitrogens with zero attached hydrogens (tertiary/aromatic N) is 2. The molecule has 1 aromatic heterocycles. The zero-order chi connectivity index (χ0) is 12.8. The van der Waals surface area contributed by atoms with Gasteiger partial charge in [0.15, 0.2) is 0 Å². The fourth-order valence-electron chi connectivity index (χ4n) is 1.37. The minimum Gasteiger partial charge on any atom is -0.508 e. The van der Waals surface area contributed by atoms with Crippen molar-refractivity contribution in [3.63, 3.8) is 0 Å². The molecule has 0 bridgehead atoms. The van der Waals surface area contributed by atoms with Gasteiger partial charge in [0.05, 0.1) is 6.42 Å². The van der Waals surface area contributed by atoms with Crippen LogP contribution < -0.4 is 10.9 Å². The van der Waals surface area contributed by atoms with Crippen molar-refractivity contribution in [3.8, 4) is 5.75 Å². The van der Waals surface area contributed by atoms with Gasteiger partial charge in [0.2, 0.25) is 11.9 Å². The second-order valence-electron chi connectivity index (χ2n) is 3.55. The van der Waals surface area contributed by atoms with Gasteiger partial charge in [0.1, 0.15) is 5.75 Å². The number of hydrogen-bond donors (Lipinski definition) is 3. The van der Waals surface area contributed by atoms with E-state index in [4.69, 9.17) is 0 Å². The highest BCUT2D eigenvalue weighted by molar-refractivity contribution is 5.80. The van der Waals surface area contributed by atoms with Crippen LogP contribution in [0, 0.1) is 0 Å². The van der Waals surface area contributed by atoms with E-state index in [0.29, 0.717) is 11.5 Å². The minimum atomic E-state index is -0.288. The van der Waals surface area contributed by atoms with Crippen LogP contribution >= 0.6 is 0 Å². The zero-order valence-corrected chi connectivity index (χ0v) is 9.50. The first kappa shape index (κ1) is 11.8. The molecule has 0 atom stereocenters. The van der Waals surface area contributed by atoms with E-state index < -0.39 is 0 Å². The normalized spacial score (nSPS) is 9.78. The third-order valence-electron chi connectivity index (χ3n) is 2.22. The van der Waals surface area contributed by atoms with Crippen molar-refractivity contribution in [1.82, 2.24) is 15.4 Å². The summed E-state index contributed by atoms with van der Waals surface area (Å²) in [6.07, 6.45) is 3.20. The lowest BCUT2D eigenvalue weighted by Gasteiger charge is -2.07. The molecule has 0 spiro atoms. The molecule has 1 heterocycles. The van der Waals surface area contributed by atoms with Crippen molar-refractivity contribution in [2.75, 3.05) is 5.43 Å². The lowest BCUT2D eigenvalue weighted by Crippen LogP contribution is -2.31. The molecule has 18 heavy (non-hydrogen) atoms. The van der Waals surface area contributed by atoms with E-state index in [1.165, 1.54) is 6.07 Å². The Morgan fingerprint density at radius 3 is 2.61 bits per heavy atom. The van der Waals surface area contributed by atoms with Crippen molar-refractivity contribution in [1.29, 1.82) is 0 Å². The second kappa shape index (κ2) is 5.62. The average Bonchev–Trinajstić information content (AvgIpc) is 2.40. The van der Waals surface area contributed by atoms with Gasteiger partial charge in [0, 0.05) is 18.0 Å². The highest BCUT2D eigenvalue weighted by atomic mass is 16.3. The third kappa shape index (κ3) is 3.18. The predicted octanol–water partition coefficient (Wildman–Crippen LogP) is 0.868. The Hall–Kier alpha value is -2.63. The van der Waals surface area contributed by atoms with E-state index in [2.05, 4.69) is 20.8 Å². The summed E-state index contributed by atoms with van der Waals surface area (Å²) >= 11 is 0. The molecule has 92 valence electrons. The fourth-order valence-corrected chi connectivity index (χ4v) is 1.37. The Balaban J connectivity index is 1.88. The van der Waals surface area contributed by atoms with Crippen molar-refractivity contribution in [3.05, 3.63) is 48.3 Å². The monoisotopic (exact) mass is 244 g/mol. The van der Waals surface area contributed by atoms with Crippen molar-refractivity contribution in [2.45, 2.75) is 6.42 Å². The largest absolute Gasteiger partial charge is 0.508 e. The van der Waals surface area contributed by atoms with Gasteiger partial charge in [-0.2, -0.15) is 0 Å². The van der Waals surface area contributed by atoms with E-state index >= 15 is 0 Å². The maximum absolute atomic E-state index is 11.6. The Morgan fingerprint density at radius 2 is 1.89 bits per heavy atom. The summed E-state index contributed by atoms with van der Waals surface area (Å²) < 4.78 is 0. The number of carbonyl (C=O) groups excluding carboxylic acids is 1. The number of aromatic nitrogens is 2. The van der Waals surface area contributed by atoms with Gasteiger partial charge in [-0.1, -0.05) is 18.2 Å². The second-order valence-corrected chi connectivity index (χ2v) is 3.55. The number of nitrogens with one attached hydrogen (secondary N) is 2. The van der Waals surface area contributed by atoms with Crippen molar-refractivity contribution < 1.29 is 9.90 Å². The molecular formula is C12H12N4O2. The van der Waals surface area contributed by atoms with Crippen LogP contribution in [0.1, 0.15) is 5.56 Å². The molecule has 0 aliphatic heterocycles. The van der Waals surface area contributed by atoms with Crippen LogP contribution in [0.2, 0.25) is 0 Å². The Labute approximate surface area is 104 Å². The number of phenols is 1. The van der Waals surface area contributed by atoms with Crippen LogP contribution in [0.4, 0.5) is 5.95 Å². The average molecular weight is 244 g/mol. The summed E-state index contributed by atoms with van der Waals surface area (Å²) in [5.41, 5.74) is 5.59. The maximum Gasteiger partial charge on any atom is 0.242 e. The SMILES string of the molecule is O=C(Cc1ccccc1O)NNc1ncccn1. The number of phenolic OH excluding ortho intramolecular Hbond substituents is 1. The number of amides is 1. The number of hydrazine groups is 1. The fraction of sp³-hybridized carbons (Fsp3) is 0.0833. The number of rotatable bonds is 4. The van der Waals surface area contributed by atoms with E-state index in [0.717, 1.165) is 0 Å². The lowest BCUT2D eigenvalue weighted by molar-refractivity contribution is -0.120. The molecule has 0 aliphatic carbocycles. The highest BCUT2D eigenvalue weighted by Gasteiger charge is 2.06. The molecule has 2 rings (SSSR count). The van der Waals surface area contributed by atoms with E-state index in [9.17, 15) is 9.90 Å². The number of carbonyl (C=O) groups is 1. The first-order valence-corrected chi connectivity index (χ1v) is 5.34. The van der Waals surface area contributed by atoms with Crippen LogP contribution in [0.3, 0.4) is 0 Å². The van der Waals surface area contributed by atoms with Crippen LogP contribution in [0.25, 0.3) is 0 Å². The molecule has 1 aromatic carbocycles. The summed E-state index contributed by atoms with van der Waals surface area (Å²) in [7, 11) is 0. The minimum absolute atomic E-state index is 0.0759. The van der Waals surface area contributed by atoms with Crippen LogP contribution in [-0.4, -0.2) is 21.0 Å². The van der Waals surface area contributed by atoms with Gasteiger partial charge in [-0.3, -0.25) is 15.6 Å². The van der Waals surface area contributed by atoms with Gasteiger partial charge in [-0.25, -0.2) is 9.97 Å². The predicted molar refractivity (Wildman–Crippen MR) is 65.6 cm³/mol. The topological polar surface area (TPSA) is 87.1 Å². The molecule has 1 amide bonds. The zero-order valence-electron chi connectivity index (χ0n) is 9.50. The molecule has 0 saturated carbocycles. The Bertz CT molecular complexity index is 531. The van der Waals surface area contributed by atoms with E-state index in [1.54, 1.807) is 36.7 Å². The van der Waals surface area contributed by atoms with Gasteiger partial charge in [-0.15, -0.1) is 0 Å². The van der Waals surface area contributed by atoms with E-state index in [1.807, 2.05) is 0 Å². The Morgan fingerprint density at radius 1 is 1.17 bits per heavy atom. The molecule has 3 N–H and O–H groups in total. The molecule has 0 unspecified atom stereocenters. The summed E-state index contributed by atoms with van der Waals surface area (Å²) in [4.78, 5) is 19.4. The standard InChI is InChI=1S/C12H12N4O2/c17-10-5-2-1-4-9(10)8-11(18)15-16-12-13-6-3-7-14-12/h1-7,17H,8H2,(H,15,18)(H,13,14,16). The molecule has 0 fully saturated rings. The Kier molecular flexibility index (Phi) is 3.70. The van der Waals surface area contributed by atoms with Gasteiger partial charge >= 0.3 is 0 Å². The number of para-hydroxylation sites is 1. The molecule has 6 nitrogen and oxygen atoms in total. The number of hydrogen-bond acceptors (Lipinski definition) is 5. The number of anilines is 1. The van der Waals surface area contributed by atoms with Gasteiger partial charge in [0.25, 0.3) is 0 Å². The first-order valence-electron chi connectivity index (χ1n) is 5.34. The van der Waals surface area contributed by atoms with Crippen molar-refractivity contribution >= 4 is 11.9 Å². The third-order valence-corrected chi connectivity index (χ3v) is 2.22. The molecule has 0 radical (unpaired) electrons. The smallest absolute Gasteiger partial charge is 0.242 e. The van der Waals surface area contributed by atoms with Crippen molar-refractivity contribution in [2.24, 2.45) is 0 Å². The summed E-state index contributed by atoms with van der Waals surface area (Å²) in [5.74, 6) is 0.121. The van der Waals surface area contributed by atoms with Crippen LogP contribution in [0.5, 0.6) is 5.75 Å². The van der Waals surface area contributed by atoms with Gasteiger partial charge in [-0.05, 0) is 12.1 Å². The highest BCUT2D eigenvalue weighted by Crippen LogP contribution is 2.15.